The van der Waals surface area contributed by atoms with Gasteiger partial charge in [-0.25, -0.2) is 0 Å². The normalized spacial score (nSPS) is 18.0. The topological polar surface area (TPSA) is 12.9 Å². The van der Waals surface area contributed by atoms with E-state index in [9.17, 15) is 0 Å². The number of hydrogen-bond acceptors (Lipinski definition) is 2. The average Bonchev–Trinajstić information content (AvgIpc) is 3.20. The maximum absolute atomic E-state index is 4.82. The number of fused-ring (bicyclic) bond motifs is 5. The number of nitrogens with zero attached hydrogens (tertiary/aromatic N) is 1. The molecule has 0 radical (unpaired) electrons. The molecule has 0 unspecified atom stereocenters. The van der Waals surface area contributed by atoms with Crippen LogP contribution in [0.4, 0.5) is 0 Å². The van der Waals surface area contributed by atoms with Gasteiger partial charge in [0.25, 0.3) is 0 Å². The number of aryl methyl sites for hydroxylation is 2. The molecule has 35 heavy (non-hydrogen) atoms. The predicted octanol–water partition coefficient (Wildman–Crippen LogP) is 10.2. The van der Waals surface area contributed by atoms with E-state index in [1.807, 2.05) is 17.5 Å². The molecule has 1 saturated carbocycles. The van der Waals surface area contributed by atoms with Crippen LogP contribution in [0.15, 0.2) is 60.8 Å². The first-order valence-electron chi connectivity index (χ1n) is 12.9. The Kier molecular flexibility index (Phi) is 5.13. The second kappa shape index (κ2) is 7.90. The highest BCUT2D eigenvalue weighted by atomic mass is 32.1. The van der Waals surface area contributed by atoms with Crippen LogP contribution in [0.1, 0.15) is 68.9 Å². The van der Waals surface area contributed by atoms with Crippen LogP contribution < -0.4 is 0 Å². The Morgan fingerprint density at radius 2 is 1.37 bits per heavy atom. The van der Waals surface area contributed by atoms with Crippen LogP contribution in [0.5, 0.6) is 0 Å². The smallest absolute Gasteiger partial charge is 0.0780 e. The van der Waals surface area contributed by atoms with Crippen LogP contribution in [-0.4, -0.2) is 4.98 Å². The number of rotatable bonds is 2. The van der Waals surface area contributed by atoms with Crippen LogP contribution in [0.2, 0.25) is 0 Å². The summed E-state index contributed by atoms with van der Waals surface area (Å²) in [4.78, 5) is 6.39. The minimum Gasteiger partial charge on any atom is -0.256 e. The summed E-state index contributed by atoms with van der Waals surface area (Å²) in [7, 11) is 0. The summed E-state index contributed by atoms with van der Waals surface area (Å²) >= 11 is 2.03. The van der Waals surface area contributed by atoms with Gasteiger partial charge in [0.05, 0.1) is 5.69 Å². The molecule has 2 heterocycles. The van der Waals surface area contributed by atoms with E-state index in [0.717, 1.165) is 5.69 Å². The molecule has 0 atom stereocenters. The second-order valence-electron chi connectivity index (χ2n) is 12.5. The predicted molar refractivity (Wildman–Crippen MR) is 154 cm³/mol. The van der Waals surface area contributed by atoms with Gasteiger partial charge in [-0.3, -0.25) is 4.98 Å². The molecule has 1 aliphatic carbocycles. The van der Waals surface area contributed by atoms with Gasteiger partial charge in [-0.05, 0) is 90.3 Å². The Labute approximate surface area is 213 Å². The minimum absolute atomic E-state index is 0.401. The molecule has 6 rings (SSSR count). The molecule has 1 aliphatic rings. The zero-order chi connectivity index (χ0) is 24.5. The molecule has 0 spiro atoms. The minimum atomic E-state index is 0.401. The molecule has 5 aromatic rings. The molecular formula is C33H35NS. The van der Waals surface area contributed by atoms with Gasteiger partial charge in [-0.15, -0.1) is 11.3 Å². The summed E-state index contributed by atoms with van der Waals surface area (Å²) in [5.41, 5.74) is 5.64. The molecule has 2 aromatic heterocycles. The van der Waals surface area contributed by atoms with E-state index in [1.54, 1.807) is 4.88 Å². The van der Waals surface area contributed by atoms with Crippen LogP contribution in [-0.2, 0) is 0 Å². The third kappa shape index (κ3) is 4.06. The lowest BCUT2D eigenvalue weighted by molar-refractivity contribution is 0.0980. The molecule has 0 saturated heterocycles. The van der Waals surface area contributed by atoms with Crippen molar-refractivity contribution < 1.29 is 0 Å². The van der Waals surface area contributed by atoms with Gasteiger partial charge in [0.2, 0.25) is 0 Å². The SMILES string of the molecule is Cc1cc(C)cc(-c2nccc3c2ccc2c3ccc3cc(C4CC(C)(C)CC(C)(C)C4)sc32)c1. The number of hydrogen-bond donors (Lipinski definition) is 0. The average molecular weight is 478 g/mol. The highest BCUT2D eigenvalue weighted by Gasteiger charge is 2.39. The van der Waals surface area contributed by atoms with E-state index < -0.39 is 0 Å². The monoisotopic (exact) mass is 477 g/mol. The van der Waals surface area contributed by atoms with Gasteiger partial charge in [0.15, 0.2) is 0 Å². The first kappa shape index (κ1) is 22.7. The Morgan fingerprint density at radius 3 is 2.09 bits per heavy atom. The summed E-state index contributed by atoms with van der Waals surface area (Å²) in [6, 6.07) is 20.7. The van der Waals surface area contributed by atoms with Gasteiger partial charge >= 0.3 is 0 Å². The molecule has 1 fully saturated rings. The summed E-state index contributed by atoms with van der Waals surface area (Å²) in [6.45, 7) is 14.1. The van der Waals surface area contributed by atoms with Crippen molar-refractivity contribution in [2.24, 2.45) is 10.8 Å². The van der Waals surface area contributed by atoms with Gasteiger partial charge in [-0.2, -0.15) is 0 Å². The van der Waals surface area contributed by atoms with Crippen molar-refractivity contribution in [3.8, 4) is 11.3 Å². The van der Waals surface area contributed by atoms with Gasteiger partial charge in [0.1, 0.15) is 0 Å². The maximum Gasteiger partial charge on any atom is 0.0780 e. The number of benzene rings is 3. The zero-order valence-corrected chi connectivity index (χ0v) is 22.6. The molecule has 2 heteroatoms. The molecule has 3 aromatic carbocycles. The summed E-state index contributed by atoms with van der Waals surface area (Å²) in [5.74, 6) is 0.655. The van der Waals surface area contributed by atoms with Crippen molar-refractivity contribution in [1.29, 1.82) is 0 Å². The number of aromatic nitrogens is 1. The van der Waals surface area contributed by atoms with Gasteiger partial charge in [0, 0.05) is 32.1 Å². The van der Waals surface area contributed by atoms with Crippen molar-refractivity contribution in [1.82, 2.24) is 4.98 Å². The van der Waals surface area contributed by atoms with E-state index in [2.05, 4.69) is 96.1 Å². The van der Waals surface area contributed by atoms with Crippen molar-refractivity contribution in [2.75, 3.05) is 0 Å². The Morgan fingerprint density at radius 1 is 0.743 bits per heavy atom. The number of pyridine rings is 1. The summed E-state index contributed by atoms with van der Waals surface area (Å²) in [6.07, 6.45) is 5.86. The zero-order valence-electron chi connectivity index (χ0n) is 21.8. The highest BCUT2D eigenvalue weighted by molar-refractivity contribution is 7.20. The standard InChI is InChI=1S/C33H35NS/c1-20-13-21(2)15-23(14-20)30-27-9-10-28-25(26(27)11-12-34-30)8-7-22-16-29(35-31(22)28)24-17-32(3,4)19-33(5,6)18-24/h7-16,24H,17-19H2,1-6H3. The lowest BCUT2D eigenvalue weighted by atomic mass is 9.61. The van der Waals surface area contributed by atoms with E-state index in [0.29, 0.717) is 16.7 Å². The lowest BCUT2D eigenvalue weighted by Crippen LogP contribution is -2.32. The lowest BCUT2D eigenvalue weighted by Gasteiger charge is -2.44. The molecule has 0 N–H and O–H groups in total. The van der Waals surface area contributed by atoms with Crippen LogP contribution in [0, 0.1) is 24.7 Å². The van der Waals surface area contributed by atoms with Gasteiger partial charge < -0.3 is 0 Å². The molecule has 0 bridgehead atoms. The van der Waals surface area contributed by atoms with E-state index in [1.165, 1.54) is 67.6 Å². The van der Waals surface area contributed by atoms with E-state index in [-0.39, 0.29) is 0 Å². The third-order valence-electron chi connectivity index (χ3n) is 7.89. The first-order valence-corrected chi connectivity index (χ1v) is 13.7. The molecular weight excluding hydrogens is 442 g/mol. The summed E-state index contributed by atoms with van der Waals surface area (Å²) in [5, 5.41) is 6.63. The fourth-order valence-corrected chi connectivity index (χ4v) is 8.47. The molecule has 0 aliphatic heterocycles. The largest absolute Gasteiger partial charge is 0.256 e. The van der Waals surface area contributed by atoms with Crippen molar-refractivity contribution in [2.45, 2.75) is 66.7 Å². The van der Waals surface area contributed by atoms with Crippen LogP contribution in [0.25, 0.3) is 42.9 Å². The fraction of sp³-hybridized carbons (Fsp3) is 0.364. The highest BCUT2D eigenvalue weighted by Crippen LogP contribution is 2.53. The Bertz CT molecular complexity index is 1560. The van der Waals surface area contributed by atoms with Crippen molar-refractivity contribution in [3.63, 3.8) is 0 Å². The molecule has 1 nitrogen and oxygen atoms in total. The third-order valence-corrected chi connectivity index (χ3v) is 9.24. The van der Waals surface area contributed by atoms with Crippen LogP contribution >= 0.6 is 11.3 Å². The second-order valence-corrected chi connectivity index (χ2v) is 13.6. The Hall–Kier alpha value is -2.71. The fourth-order valence-electron chi connectivity index (χ4n) is 7.18. The van der Waals surface area contributed by atoms with Crippen molar-refractivity contribution in [3.05, 3.63) is 76.8 Å². The number of thiophene rings is 1. The van der Waals surface area contributed by atoms with Crippen LogP contribution in [0.3, 0.4) is 0 Å². The maximum atomic E-state index is 4.82. The van der Waals surface area contributed by atoms with Gasteiger partial charge in [-0.1, -0.05) is 69.2 Å². The van der Waals surface area contributed by atoms with E-state index >= 15 is 0 Å². The van der Waals surface area contributed by atoms with Crippen molar-refractivity contribution >= 4 is 43.0 Å². The Balaban J connectivity index is 1.51. The summed E-state index contributed by atoms with van der Waals surface area (Å²) < 4.78 is 1.44. The molecule has 178 valence electrons. The molecule has 0 amide bonds. The van der Waals surface area contributed by atoms with E-state index in [4.69, 9.17) is 4.98 Å². The quantitative estimate of drug-likeness (QED) is 0.230. The first-order chi connectivity index (χ1) is 16.6.